The van der Waals surface area contributed by atoms with E-state index in [2.05, 4.69) is 4.98 Å². The summed E-state index contributed by atoms with van der Waals surface area (Å²) < 4.78 is 12.5. The number of pyridine rings is 1. The van der Waals surface area contributed by atoms with E-state index in [1.54, 1.807) is 43.4 Å². The number of likely N-dealkylation sites (tertiary alicyclic amines) is 1. The van der Waals surface area contributed by atoms with E-state index < -0.39 is 5.60 Å². The second kappa shape index (κ2) is 8.16. The Morgan fingerprint density at radius 1 is 1.13 bits per heavy atom. The number of hydrogen-bond acceptors (Lipinski definition) is 5. The zero-order chi connectivity index (χ0) is 21.3. The van der Waals surface area contributed by atoms with Gasteiger partial charge < -0.3 is 24.0 Å². The van der Waals surface area contributed by atoms with Crippen molar-refractivity contribution >= 4 is 28.5 Å². The lowest BCUT2D eigenvalue weighted by atomic mass is 9.91. The van der Waals surface area contributed by atoms with Crippen molar-refractivity contribution in [3.05, 3.63) is 53.3 Å². The van der Waals surface area contributed by atoms with Crippen LogP contribution in [-0.2, 0) is 6.54 Å². The van der Waals surface area contributed by atoms with Crippen LogP contribution in [0.15, 0.2) is 42.6 Å². The maximum absolute atomic E-state index is 12.9. The Balaban J connectivity index is 1.44. The Kier molecular flexibility index (Phi) is 5.58. The summed E-state index contributed by atoms with van der Waals surface area (Å²) in [7, 11) is 3.10. The van der Waals surface area contributed by atoms with Gasteiger partial charge >= 0.3 is 0 Å². The third-order valence-corrected chi connectivity index (χ3v) is 5.88. The van der Waals surface area contributed by atoms with E-state index in [9.17, 15) is 9.90 Å². The standard InChI is InChI=1S/C22H24ClN3O4/c1-29-18-5-3-15(13-19(18)30-2)21(27)25-11-8-22(28,9-12-25)14-26-10-7-16-17(26)4-6-20(23)24-16/h3-7,10,13,28H,8-9,11-12,14H2,1-2H3. The highest BCUT2D eigenvalue weighted by molar-refractivity contribution is 6.29. The van der Waals surface area contributed by atoms with Crippen molar-refractivity contribution in [1.82, 2.24) is 14.5 Å². The van der Waals surface area contributed by atoms with E-state index in [4.69, 9.17) is 21.1 Å². The molecule has 0 aliphatic carbocycles. The molecule has 7 nitrogen and oxygen atoms in total. The fraction of sp³-hybridized carbons (Fsp3) is 0.364. The predicted octanol–water partition coefficient (Wildman–Crippen LogP) is 3.37. The molecule has 0 saturated carbocycles. The minimum atomic E-state index is -0.889. The van der Waals surface area contributed by atoms with E-state index in [-0.39, 0.29) is 5.91 Å². The van der Waals surface area contributed by atoms with Gasteiger partial charge in [0.25, 0.3) is 5.91 Å². The molecule has 1 aliphatic rings. The van der Waals surface area contributed by atoms with Crippen molar-refractivity contribution in [2.24, 2.45) is 0 Å². The van der Waals surface area contributed by atoms with Gasteiger partial charge in [0.05, 0.1) is 37.4 Å². The van der Waals surface area contributed by atoms with Crippen LogP contribution in [0.5, 0.6) is 11.5 Å². The molecule has 0 radical (unpaired) electrons. The third kappa shape index (κ3) is 3.95. The molecule has 0 bridgehead atoms. The number of halogens is 1. The van der Waals surface area contributed by atoms with E-state index in [1.165, 1.54) is 0 Å². The Bertz CT molecular complexity index is 1070. The van der Waals surface area contributed by atoms with Crippen LogP contribution < -0.4 is 9.47 Å². The molecule has 1 N–H and O–H groups in total. The first kappa shape index (κ1) is 20.5. The van der Waals surface area contributed by atoms with Crippen LogP contribution in [0.1, 0.15) is 23.2 Å². The normalized spacial score (nSPS) is 15.9. The van der Waals surface area contributed by atoms with Crippen molar-refractivity contribution in [2.45, 2.75) is 25.0 Å². The Morgan fingerprint density at radius 3 is 2.57 bits per heavy atom. The molecule has 8 heteroatoms. The molecule has 1 saturated heterocycles. The van der Waals surface area contributed by atoms with Crippen LogP contribution in [-0.4, -0.2) is 58.4 Å². The van der Waals surface area contributed by atoms with Crippen LogP contribution in [0.3, 0.4) is 0 Å². The Morgan fingerprint density at radius 2 is 1.87 bits per heavy atom. The number of nitrogens with zero attached hydrogens (tertiary/aromatic N) is 3. The van der Waals surface area contributed by atoms with E-state index in [0.717, 1.165) is 11.0 Å². The van der Waals surface area contributed by atoms with E-state index >= 15 is 0 Å². The van der Waals surface area contributed by atoms with Crippen LogP contribution in [0.4, 0.5) is 0 Å². The number of amides is 1. The highest BCUT2D eigenvalue weighted by Crippen LogP contribution is 2.30. The van der Waals surface area contributed by atoms with Gasteiger partial charge in [-0.25, -0.2) is 4.98 Å². The van der Waals surface area contributed by atoms with Gasteiger partial charge in [-0.3, -0.25) is 4.79 Å². The SMILES string of the molecule is COc1ccc(C(=O)N2CCC(O)(Cn3ccc4nc(Cl)ccc43)CC2)cc1OC. The second-order valence-electron chi connectivity index (χ2n) is 7.57. The molecular formula is C22H24ClN3O4. The zero-order valence-corrected chi connectivity index (χ0v) is 17.7. The summed E-state index contributed by atoms with van der Waals surface area (Å²) in [6.07, 6.45) is 2.90. The number of methoxy groups -OCH3 is 2. The number of hydrogen-bond donors (Lipinski definition) is 1. The Hall–Kier alpha value is -2.77. The minimum absolute atomic E-state index is 0.0803. The van der Waals surface area contributed by atoms with Crippen molar-refractivity contribution in [1.29, 1.82) is 0 Å². The van der Waals surface area contributed by atoms with Gasteiger partial charge in [0, 0.05) is 24.8 Å². The average molecular weight is 430 g/mol. The van der Waals surface area contributed by atoms with Gasteiger partial charge in [0.15, 0.2) is 11.5 Å². The summed E-state index contributed by atoms with van der Waals surface area (Å²) in [5.41, 5.74) is 1.38. The highest BCUT2D eigenvalue weighted by atomic mass is 35.5. The van der Waals surface area contributed by atoms with Gasteiger partial charge in [-0.1, -0.05) is 11.6 Å². The fourth-order valence-corrected chi connectivity index (χ4v) is 4.09. The molecule has 3 heterocycles. The van der Waals surface area contributed by atoms with Gasteiger partial charge in [-0.2, -0.15) is 0 Å². The topological polar surface area (TPSA) is 76.8 Å². The molecule has 1 aromatic carbocycles. The van der Waals surface area contributed by atoms with Crippen molar-refractivity contribution in [3.8, 4) is 11.5 Å². The molecule has 30 heavy (non-hydrogen) atoms. The lowest BCUT2D eigenvalue weighted by Crippen LogP contribution is -2.48. The molecule has 2 aromatic heterocycles. The number of aromatic nitrogens is 2. The minimum Gasteiger partial charge on any atom is -0.493 e. The predicted molar refractivity (Wildman–Crippen MR) is 114 cm³/mol. The first-order valence-electron chi connectivity index (χ1n) is 9.77. The van der Waals surface area contributed by atoms with Gasteiger partial charge in [0.2, 0.25) is 0 Å². The number of ether oxygens (including phenoxy) is 2. The molecule has 1 amide bonds. The number of fused-ring (bicyclic) bond motifs is 1. The smallest absolute Gasteiger partial charge is 0.253 e. The van der Waals surface area contributed by atoms with Crippen LogP contribution in [0.25, 0.3) is 11.0 Å². The molecule has 1 aliphatic heterocycles. The van der Waals surface area contributed by atoms with Crippen molar-refractivity contribution < 1.29 is 19.4 Å². The van der Waals surface area contributed by atoms with Crippen LogP contribution >= 0.6 is 11.6 Å². The first-order valence-corrected chi connectivity index (χ1v) is 10.2. The molecule has 1 fully saturated rings. The Labute approximate surface area is 179 Å². The number of piperidine rings is 1. The maximum Gasteiger partial charge on any atom is 0.253 e. The quantitative estimate of drug-likeness (QED) is 0.629. The lowest BCUT2D eigenvalue weighted by molar-refractivity contribution is -0.0284. The number of aliphatic hydroxyl groups is 1. The highest BCUT2D eigenvalue weighted by Gasteiger charge is 2.35. The summed E-state index contributed by atoms with van der Waals surface area (Å²) in [6.45, 7) is 1.40. The zero-order valence-electron chi connectivity index (χ0n) is 17.0. The number of rotatable bonds is 5. The summed E-state index contributed by atoms with van der Waals surface area (Å²) in [5.74, 6) is 1.02. The average Bonchev–Trinajstić information content (AvgIpc) is 3.14. The summed E-state index contributed by atoms with van der Waals surface area (Å²) in [5, 5.41) is 11.6. The van der Waals surface area contributed by atoms with Gasteiger partial charge in [-0.05, 0) is 49.2 Å². The molecule has 0 spiro atoms. The van der Waals surface area contributed by atoms with E-state index in [1.807, 2.05) is 22.9 Å². The monoisotopic (exact) mass is 429 g/mol. The number of carbonyl (C=O) groups is 1. The molecule has 3 aromatic rings. The summed E-state index contributed by atoms with van der Waals surface area (Å²) in [6, 6.07) is 10.7. The van der Waals surface area contributed by atoms with Crippen molar-refractivity contribution in [2.75, 3.05) is 27.3 Å². The van der Waals surface area contributed by atoms with Gasteiger partial charge in [0.1, 0.15) is 5.15 Å². The molecular weight excluding hydrogens is 406 g/mol. The number of benzene rings is 1. The first-order chi connectivity index (χ1) is 14.4. The van der Waals surface area contributed by atoms with Crippen molar-refractivity contribution in [3.63, 3.8) is 0 Å². The van der Waals surface area contributed by atoms with E-state index in [0.29, 0.717) is 54.7 Å². The third-order valence-electron chi connectivity index (χ3n) is 5.67. The molecule has 0 unspecified atom stereocenters. The maximum atomic E-state index is 12.9. The van der Waals surface area contributed by atoms with Crippen LogP contribution in [0, 0.1) is 0 Å². The van der Waals surface area contributed by atoms with Gasteiger partial charge in [-0.15, -0.1) is 0 Å². The molecule has 0 atom stereocenters. The van der Waals surface area contributed by atoms with Crippen LogP contribution in [0.2, 0.25) is 5.15 Å². The second-order valence-corrected chi connectivity index (χ2v) is 7.96. The summed E-state index contributed by atoms with van der Waals surface area (Å²) in [4.78, 5) is 19.0. The largest absolute Gasteiger partial charge is 0.493 e. The fourth-order valence-electron chi connectivity index (χ4n) is 3.94. The molecule has 158 valence electrons. The number of carbonyl (C=O) groups excluding carboxylic acids is 1. The lowest BCUT2D eigenvalue weighted by Gasteiger charge is -2.38. The summed E-state index contributed by atoms with van der Waals surface area (Å²) >= 11 is 5.96. The molecule has 4 rings (SSSR count).